The summed E-state index contributed by atoms with van der Waals surface area (Å²) in [6.07, 6.45) is 1.42. The highest BCUT2D eigenvalue weighted by molar-refractivity contribution is 6.36. The Kier molecular flexibility index (Phi) is 6.67. The number of methoxy groups -OCH3 is 2. The summed E-state index contributed by atoms with van der Waals surface area (Å²) >= 11 is 12.0. The summed E-state index contributed by atoms with van der Waals surface area (Å²) in [4.78, 5) is 21.3. The molecular formula is C23H19Cl2N5O3. The van der Waals surface area contributed by atoms with Gasteiger partial charge in [0.2, 0.25) is 0 Å². The lowest BCUT2D eigenvalue weighted by molar-refractivity contribution is 0.262. The van der Waals surface area contributed by atoms with Gasteiger partial charge in [-0.15, -0.1) is 0 Å². The number of anilines is 4. The molecule has 0 spiro atoms. The van der Waals surface area contributed by atoms with Crippen LogP contribution >= 0.6 is 23.2 Å². The molecule has 10 heteroatoms. The number of rotatable bonds is 6. The van der Waals surface area contributed by atoms with E-state index in [-0.39, 0.29) is 0 Å². The van der Waals surface area contributed by atoms with Crippen molar-refractivity contribution in [1.29, 1.82) is 0 Å². The quantitative estimate of drug-likeness (QED) is 0.296. The average molecular weight is 484 g/mol. The fraction of sp³-hybridized carbons (Fsp3) is 0.0870. The van der Waals surface area contributed by atoms with Crippen molar-refractivity contribution < 1.29 is 14.3 Å². The molecule has 0 saturated carbocycles. The zero-order valence-corrected chi connectivity index (χ0v) is 19.2. The molecule has 0 fully saturated rings. The zero-order valence-electron chi connectivity index (χ0n) is 17.6. The summed E-state index contributed by atoms with van der Waals surface area (Å²) in [6.45, 7) is 0. The second kappa shape index (κ2) is 9.81. The van der Waals surface area contributed by atoms with Crippen LogP contribution in [-0.2, 0) is 0 Å². The monoisotopic (exact) mass is 483 g/mol. The van der Waals surface area contributed by atoms with Gasteiger partial charge >= 0.3 is 6.03 Å². The number of fused-ring (bicyclic) bond motifs is 1. The van der Waals surface area contributed by atoms with Crippen molar-refractivity contribution in [1.82, 2.24) is 9.97 Å². The highest BCUT2D eigenvalue weighted by atomic mass is 35.5. The van der Waals surface area contributed by atoms with Crippen LogP contribution in [-0.4, -0.2) is 30.2 Å². The molecule has 33 heavy (non-hydrogen) atoms. The molecule has 1 heterocycles. The Morgan fingerprint density at radius 1 is 0.879 bits per heavy atom. The first-order valence-electron chi connectivity index (χ1n) is 9.73. The number of nitrogens with zero attached hydrogens (tertiary/aromatic N) is 2. The molecule has 0 radical (unpaired) electrons. The summed E-state index contributed by atoms with van der Waals surface area (Å²) < 4.78 is 10.7. The minimum absolute atomic E-state index is 0.332. The second-order valence-electron chi connectivity index (χ2n) is 6.85. The molecule has 168 valence electrons. The van der Waals surface area contributed by atoms with Crippen LogP contribution in [0.5, 0.6) is 11.5 Å². The molecular weight excluding hydrogens is 465 g/mol. The molecule has 4 rings (SSSR count). The largest absolute Gasteiger partial charge is 0.497 e. The second-order valence-corrected chi connectivity index (χ2v) is 7.70. The molecule has 3 N–H and O–H groups in total. The van der Waals surface area contributed by atoms with Gasteiger partial charge in [0.25, 0.3) is 0 Å². The first kappa shape index (κ1) is 22.4. The van der Waals surface area contributed by atoms with Crippen molar-refractivity contribution in [2.24, 2.45) is 0 Å². The van der Waals surface area contributed by atoms with Crippen LogP contribution in [0.25, 0.3) is 10.9 Å². The van der Waals surface area contributed by atoms with Gasteiger partial charge in [-0.3, -0.25) is 0 Å². The fourth-order valence-electron chi connectivity index (χ4n) is 3.17. The van der Waals surface area contributed by atoms with Crippen molar-refractivity contribution in [2.45, 2.75) is 0 Å². The Hall–Kier alpha value is -3.75. The average Bonchev–Trinajstić information content (AvgIpc) is 2.81. The number of hydrogen-bond donors (Lipinski definition) is 3. The Morgan fingerprint density at radius 3 is 2.30 bits per heavy atom. The molecule has 3 aromatic carbocycles. The lowest BCUT2D eigenvalue weighted by Crippen LogP contribution is -2.20. The highest BCUT2D eigenvalue weighted by Crippen LogP contribution is 2.32. The van der Waals surface area contributed by atoms with Crippen molar-refractivity contribution in [2.75, 3.05) is 30.2 Å². The van der Waals surface area contributed by atoms with E-state index in [1.807, 2.05) is 18.2 Å². The number of amides is 2. The maximum Gasteiger partial charge on any atom is 0.323 e. The van der Waals surface area contributed by atoms with Crippen LogP contribution in [0.1, 0.15) is 0 Å². The van der Waals surface area contributed by atoms with Crippen LogP contribution in [0.2, 0.25) is 10.0 Å². The Morgan fingerprint density at radius 2 is 1.61 bits per heavy atom. The summed E-state index contributed by atoms with van der Waals surface area (Å²) in [5.74, 6) is 1.82. The molecule has 2 amide bonds. The molecule has 0 bridgehead atoms. The molecule has 8 nitrogen and oxygen atoms in total. The van der Waals surface area contributed by atoms with E-state index < -0.39 is 6.03 Å². The number of carbonyl (C=O) groups excluding carboxylic acids is 1. The van der Waals surface area contributed by atoms with E-state index in [0.29, 0.717) is 49.6 Å². The van der Waals surface area contributed by atoms with Gasteiger partial charge in [0.05, 0.1) is 36.1 Å². The van der Waals surface area contributed by atoms with Crippen molar-refractivity contribution in [3.63, 3.8) is 0 Å². The molecule has 0 aliphatic rings. The van der Waals surface area contributed by atoms with Gasteiger partial charge in [-0.05, 0) is 30.3 Å². The summed E-state index contributed by atoms with van der Waals surface area (Å²) in [7, 11) is 3.16. The molecule has 0 saturated heterocycles. The molecule has 1 aromatic heterocycles. The fourth-order valence-corrected chi connectivity index (χ4v) is 3.63. The van der Waals surface area contributed by atoms with Crippen LogP contribution in [0.15, 0.2) is 60.9 Å². The first-order chi connectivity index (χ1) is 16.0. The van der Waals surface area contributed by atoms with E-state index in [4.69, 9.17) is 32.7 Å². The standard InChI is InChI=1S/C23H19Cl2N5O3/c1-32-15-9-14(10-16(11-15)33-2)28-22-17-4-3-5-20(21(17)26-12-27-22)30-23(31)29-19-7-6-13(24)8-18(19)25/h3-12H,1-2H3,(H,26,27,28)(H2,29,30,31). The highest BCUT2D eigenvalue weighted by Gasteiger charge is 2.12. The van der Waals surface area contributed by atoms with E-state index in [2.05, 4.69) is 25.9 Å². The summed E-state index contributed by atoms with van der Waals surface area (Å²) in [6, 6.07) is 15.2. The summed E-state index contributed by atoms with van der Waals surface area (Å²) in [5.41, 5.74) is 2.22. The minimum Gasteiger partial charge on any atom is -0.497 e. The molecule has 0 aliphatic carbocycles. The normalized spacial score (nSPS) is 10.5. The van der Waals surface area contributed by atoms with Crippen LogP contribution in [0, 0.1) is 0 Å². The van der Waals surface area contributed by atoms with Gasteiger partial charge in [-0.2, -0.15) is 0 Å². The number of urea groups is 1. The third-order valence-corrected chi connectivity index (χ3v) is 5.25. The minimum atomic E-state index is -0.475. The van der Waals surface area contributed by atoms with E-state index >= 15 is 0 Å². The lowest BCUT2D eigenvalue weighted by Gasteiger charge is -2.14. The predicted octanol–water partition coefficient (Wildman–Crippen LogP) is 6.34. The van der Waals surface area contributed by atoms with Crippen LogP contribution < -0.4 is 25.4 Å². The van der Waals surface area contributed by atoms with Gasteiger partial charge in [0, 0.05) is 34.3 Å². The van der Waals surface area contributed by atoms with E-state index in [9.17, 15) is 4.79 Å². The molecule has 0 aliphatic heterocycles. The third-order valence-electron chi connectivity index (χ3n) is 4.71. The van der Waals surface area contributed by atoms with Crippen molar-refractivity contribution in [3.8, 4) is 11.5 Å². The zero-order chi connectivity index (χ0) is 23.4. The topological polar surface area (TPSA) is 97.4 Å². The van der Waals surface area contributed by atoms with E-state index in [1.165, 1.54) is 6.33 Å². The van der Waals surface area contributed by atoms with Crippen molar-refractivity contribution >= 4 is 63.0 Å². The maximum absolute atomic E-state index is 12.6. The SMILES string of the molecule is COc1cc(Nc2ncnc3c(NC(=O)Nc4ccc(Cl)cc4Cl)cccc23)cc(OC)c1. The van der Waals surface area contributed by atoms with Gasteiger partial charge in [0.15, 0.2) is 0 Å². The molecule has 0 atom stereocenters. The number of ether oxygens (including phenoxy) is 2. The number of nitrogens with one attached hydrogen (secondary N) is 3. The maximum atomic E-state index is 12.6. The van der Waals surface area contributed by atoms with Gasteiger partial charge in [-0.1, -0.05) is 29.3 Å². The van der Waals surface area contributed by atoms with Gasteiger partial charge in [0.1, 0.15) is 23.6 Å². The predicted molar refractivity (Wildman–Crippen MR) is 131 cm³/mol. The first-order valence-corrected chi connectivity index (χ1v) is 10.5. The summed E-state index contributed by atoms with van der Waals surface area (Å²) in [5, 5.41) is 10.3. The smallest absolute Gasteiger partial charge is 0.323 e. The Balaban J connectivity index is 1.61. The lowest BCUT2D eigenvalue weighted by atomic mass is 10.2. The number of benzene rings is 3. The van der Waals surface area contributed by atoms with Crippen LogP contribution in [0.4, 0.5) is 27.7 Å². The molecule has 0 unspecified atom stereocenters. The number of para-hydroxylation sites is 1. The number of hydrogen-bond acceptors (Lipinski definition) is 6. The number of aromatic nitrogens is 2. The van der Waals surface area contributed by atoms with Gasteiger partial charge < -0.3 is 25.4 Å². The third kappa shape index (κ3) is 5.19. The van der Waals surface area contributed by atoms with E-state index in [1.54, 1.807) is 50.6 Å². The van der Waals surface area contributed by atoms with Gasteiger partial charge in [-0.25, -0.2) is 14.8 Å². The number of carbonyl (C=O) groups is 1. The van der Waals surface area contributed by atoms with E-state index in [0.717, 1.165) is 5.69 Å². The number of halogens is 2. The Bertz CT molecular complexity index is 1310. The molecule has 4 aromatic rings. The van der Waals surface area contributed by atoms with Crippen LogP contribution in [0.3, 0.4) is 0 Å². The Labute approximate surface area is 199 Å². The van der Waals surface area contributed by atoms with Crippen molar-refractivity contribution in [3.05, 3.63) is 71.0 Å².